The highest BCUT2D eigenvalue weighted by molar-refractivity contribution is 5.76. The van der Waals surface area contributed by atoms with Crippen molar-refractivity contribution in [3.63, 3.8) is 0 Å². The molecule has 0 N–H and O–H groups in total. The van der Waals surface area contributed by atoms with Gasteiger partial charge in [-0.25, -0.2) is 0 Å². The molecule has 1 aromatic carbocycles. The van der Waals surface area contributed by atoms with Gasteiger partial charge in [0.05, 0.1) is 11.8 Å². The molecule has 0 radical (unpaired) electrons. The third kappa shape index (κ3) is 1.53. The van der Waals surface area contributed by atoms with Crippen LogP contribution in [0.4, 0.5) is 0 Å². The van der Waals surface area contributed by atoms with Crippen LogP contribution in [0.15, 0.2) is 55.0 Å². The summed E-state index contributed by atoms with van der Waals surface area (Å²) in [5.74, 6) is 0. The fraction of sp³-hybridized carbons (Fsp3) is 0.133. The van der Waals surface area contributed by atoms with Gasteiger partial charge in [-0.1, -0.05) is 18.2 Å². The van der Waals surface area contributed by atoms with E-state index < -0.39 is 0 Å². The normalized spacial score (nSPS) is 10.9. The van der Waals surface area contributed by atoms with Gasteiger partial charge < -0.3 is 4.40 Å². The molecule has 0 aliphatic rings. The van der Waals surface area contributed by atoms with Crippen molar-refractivity contribution in [2.45, 2.75) is 6.92 Å². The Labute approximate surface area is 101 Å². The molecule has 0 bridgehead atoms. The fourth-order valence-corrected chi connectivity index (χ4v) is 2.32. The molecule has 0 unspecified atom stereocenters. The Morgan fingerprint density at radius 3 is 2.65 bits per heavy atom. The maximum atomic E-state index is 2.18. The van der Waals surface area contributed by atoms with Crippen molar-refractivity contribution in [1.82, 2.24) is 4.40 Å². The molecule has 2 nitrogen and oxygen atoms in total. The molecule has 84 valence electrons. The number of hydrogen-bond acceptors (Lipinski definition) is 0. The molecule has 0 atom stereocenters. The number of benzene rings is 1. The van der Waals surface area contributed by atoms with Gasteiger partial charge in [0.25, 0.3) is 0 Å². The molecule has 0 saturated heterocycles. The van der Waals surface area contributed by atoms with Crippen LogP contribution < -0.4 is 4.57 Å². The first-order valence-corrected chi connectivity index (χ1v) is 5.79. The molecule has 0 amide bonds. The molecular weight excluding hydrogens is 208 g/mol. The highest BCUT2D eigenvalue weighted by Crippen LogP contribution is 2.24. The maximum absolute atomic E-state index is 2.18. The molecule has 0 fully saturated rings. The minimum absolute atomic E-state index is 1.24. The fourth-order valence-electron chi connectivity index (χ4n) is 2.32. The number of nitrogens with zero attached hydrogens (tertiary/aromatic N) is 2. The number of fused-ring (bicyclic) bond motifs is 1. The topological polar surface area (TPSA) is 8.29 Å². The van der Waals surface area contributed by atoms with Crippen LogP contribution in [0.25, 0.3) is 16.8 Å². The first kappa shape index (κ1) is 10.1. The summed E-state index contributed by atoms with van der Waals surface area (Å²) in [6.45, 7) is 2.15. The lowest BCUT2D eigenvalue weighted by Gasteiger charge is -2.05. The summed E-state index contributed by atoms with van der Waals surface area (Å²) in [4.78, 5) is 0. The predicted octanol–water partition coefficient (Wildman–Crippen LogP) is 2.74. The van der Waals surface area contributed by atoms with Gasteiger partial charge in [-0.15, -0.1) is 0 Å². The molecule has 3 rings (SSSR count). The second-order valence-electron chi connectivity index (χ2n) is 4.37. The molecule has 0 aliphatic heterocycles. The van der Waals surface area contributed by atoms with Crippen molar-refractivity contribution in [1.29, 1.82) is 0 Å². The zero-order valence-corrected chi connectivity index (χ0v) is 10.1. The second-order valence-corrected chi connectivity index (χ2v) is 4.37. The smallest absolute Gasteiger partial charge is 0.236 e. The van der Waals surface area contributed by atoms with Crippen molar-refractivity contribution in [2.24, 2.45) is 7.05 Å². The molecule has 2 heteroatoms. The summed E-state index contributed by atoms with van der Waals surface area (Å²) in [5.41, 5.74) is 5.09. The first-order valence-electron chi connectivity index (χ1n) is 5.79. The summed E-state index contributed by atoms with van der Waals surface area (Å²) < 4.78 is 4.33. The summed E-state index contributed by atoms with van der Waals surface area (Å²) in [6, 6.07) is 12.7. The lowest BCUT2D eigenvalue weighted by Crippen LogP contribution is -2.31. The zero-order chi connectivity index (χ0) is 11.8. The predicted molar refractivity (Wildman–Crippen MR) is 68.7 cm³/mol. The molecule has 0 aliphatic carbocycles. The molecule has 17 heavy (non-hydrogen) atoms. The number of rotatable bonds is 1. The third-order valence-electron chi connectivity index (χ3n) is 3.23. The van der Waals surface area contributed by atoms with Gasteiger partial charge in [0.2, 0.25) is 5.69 Å². The van der Waals surface area contributed by atoms with Gasteiger partial charge in [0, 0.05) is 6.20 Å². The second kappa shape index (κ2) is 3.74. The van der Waals surface area contributed by atoms with E-state index in [1.165, 1.54) is 22.3 Å². The van der Waals surface area contributed by atoms with Crippen LogP contribution in [0.3, 0.4) is 0 Å². The molecule has 3 aromatic rings. The average Bonchev–Trinajstić information content (AvgIpc) is 2.79. The Balaban J connectivity index is 2.40. The lowest BCUT2D eigenvalue weighted by molar-refractivity contribution is -0.659. The van der Waals surface area contributed by atoms with E-state index in [0.717, 1.165) is 0 Å². The first-order chi connectivity index (χ1) is 8.27. The van der Waals surface area contributed by atoms with Gasteiger partial charge in [-0.3, -0.25) is 0 Å². The summed E-state index contributed by atoms with van der Waals surface area (Å²) in [6.07, 6.45) is 6.25. The van der Waals surface area contributed by atoms with E-state index in [1.54, 1.807) is 0 Å². The molecule has 2 aromatic heterocycles. The van der Waals surface area contributed by atoms with Crippen molar-refractivity contribution in [3.05, 3.63) is 60.6 Å². The Kier molecular flexibility index (Phi) is 2.22. The minimum atomic E-state index is 1.24. The maximum Gasteiger partial charge on any atom is 0.236 e. The van der Waals surface area contributed by atoms with E-state index in [0.29, 0.717) is 0 Å². The van der Waals surface area contributed by atoms with Crippen LogP contribution in [-0.2, 0) is 7.05 Å². The number of hydrogen-bond donors (Lipinski definition) is 0. The Hall–Kier alpha value is -2.09. The molecule has 2 heterocycles. The van der Waals surface area contributed by atoms with E-state index >= 15 is 0 Å². The van der Waals surface area contributed by atoms with Crippen LogP contribution in [-0.4, -0.2) is 4.40 Å². The molecular formula is C15H15N2+. The van der Waals surface area contributed by atoms with Gasteiger partial charge in [0.15, 0.2) is 6.20 Å². The number of aromatic nitrogens is 2. The van der Waals surface area contributed by atoms with Crippen LogP contribution in [0.2, 0.25) is 0 Å². The van der Waals surface area contributed by atoms with Gasteiger partial charge >= 0.3 is 0 Å². The Morgan fingerprint density at radius 1 is 1.00 bits per heavy atom. The highest BCUT2D eigenvalue weighted by Gasteiger charge is 2.16. The average molecular weight is 223 g/mol. The molecule has 0 saturated carbocycles. The van der Waals surface area contributed by atoms with Gasteiger partial charge in [-0.05, 0) is 30.7 Å². The standard InChI is InChI=1S/C15H15N2/c1-12-6-3-4-7-13(12)15-14-8-5-9-17(14)11-10-16(15)2/h3-11H,1-2H3/q+1. The minimum Gasteiger partial charge on any atom is -0.312 e. The van der Waals surface area contributed by atoms with Crippen molar-refractivity contribution in [3.8, 4) is 11.3 Å². The highest BCUT2D eigenvalue weighted by atomic mass is 15.0. The van der Waals surface area contributed by atoms with Crippen LogP contribution >= 0.6 is 0 Å². The van der Waals surface area contributed by atoms with E-state index in [9.17, 15) is 0 Å². The van der Waals surface area contributed by atoms with Crippen molar-refractivity contribution >= 4 is 5.52 Å². The van der Waals surface area contributed by atoms with Crippen molar-refractivity contribution in [2.75, 3.05) is 0 Å². The monoisotopic (exact) mass is 223 g/mol. The van der Waals surface area contributed by atoms with Crippen molar-refractivity contribution < 1.29 is 4.57 Å². The van der Waals surface area contributed by atoms with E-state index in [1.807, 2.05) is 0 Å². The summed E-state index contributed by atoms with van der Waals surface area (Å²) in [7, 11) is 2.09. The van der Waals surface area contributed by atoms with E-state index in [4.69, 9.17) is 0 Å². The van der Waals surface area contributed by atoms with Crippen LogP contribution in [0.1, 0.15) is 5.56 Å². The quantitative estimate of drug-likeness (QED) is 0.561. The largest absolute Gasteiger partial charge is 0.312 e. The van der Waals surface area contributed by atoms with Crippen LogP contribution in [0.5, 0.6) is 0 Å². The Morgan fingerprint density at radius 2 is 1.82 bits per heavy atom. The summed E-state index contributed by atoms with van der Waals surface area (Å²) >= 11 is 0. The number of aryl methyl sites for hydroxylation is 2. The zero-order valence-electron chi connectivity index (χ0n) is 10.1. The lowest BCUT2D eigenvalue weighted by atomic mass is 10.0. The molecule has 0 spiro atoms. The van der Waals surface area contributed by atoms with Gasteiger partial charge in [0.1, 0.15) is 12.6 Å². The van der Waals surface area contributed by atoms with E-state index in [2.05, 4.69) is 77.9 Å². The van der Waals surface area contributed by atoms with Crippen LogP contribution in [0, 0.1) is 6.92 Å². The third-order valence-corrected chi connectivity index (χ3v) is 3.23. The van der Waals surface area contributed by atoms with E-state index in [-0.39, 0.29) is 0 Å². The van der Waals surface area contributed by atoms with Gasteiger partial charge in [-0.2, -0.15) is 4.57 Å². The SMILES string of the molecule is Cc1ccccc1-c1c2cccn2cc[n+]1C. The Bertz CT molecular complexity index is 680. The summed E-state index contributed by atoms with van der Waals surface area (Å²) in [5, 5.41) is 0.